The van der Waals surface area contributed by atoms with E-state index >= 15 is 0 Å². The van der Waals surface area contributed by atoms with Crippen molar-refractivity contribution in [3.63, 3.8) is 0 Å². The van der Waals surface area contributed by atoms with E-state index in [0.717, 1.165) is 16.7 Å². The lowest BCUT2D eigenvalue weighted by Gasteiger charge is -1.99. The first-order valence-electron chi connectivity index (χ1n) is 3.61. The van der Waals surface area contributed by atoms with Gasteiger partial charge in [0.05, 0.1) is 0 Å². The van der Waals surface area contributed by atoms with Crippen molar-refractivity contribution in [2.45, 2.75) is 6.92 Å². The fraction of sp³-hybridized carbons (Fsp3) is 0.100. The van der Waals surface area contributed by atoms with Crippen molar-refractivity contribution < 1.29 is 4.79 Å². The van der Waals surface area contributed by atoms with Gasteiger partial charge in [-0.2, -0.15) is 0 Å². The van der Waals surface area contributed by atoms with Crippen LogP contribution in [0, 0.1) is 6.92 Å². The van der Waals surface area contributed by atoms with Crippen molar-refractivity contribution in [1.29, 1.82) is 0 Å². The molecule has 0 aromatic heterocycles. The number of rotatable bonds is 0. The summed E-state index contributed by atoms with van der Waals surface area (Å²) in [7, 11) is 0. The summed E-state index contributed by atoms with van der Waals surface area (Å²) in [5.41, 5.74) is 2.99. The minimum atomic E-state index is 0.137. The number of fused-ring (bicyclic) bond motifs is 1. The highest BCUT2D eigenvalue weighted by atomic mass is 16.1. The standard InChI is InChI=1S/C10H8O/c1-7-3-2-4-8-5-6-9(11)10(7)8/h2-6H,1H3. The Balaban J connectivity index is 2.74. The van der Waals surface area contributed by atoms with Gasteiger partial charge in [0.15, 0.2) is 5.78 Å². The van der Waals surface area contributed by atoms with Crippen LogP contribution in [0.1, 0.15) is 21.5 Å². The molecule has 54 valence electrons. The first-order valence-corrected chi connectivity index (χ1v) is 3.61. The number of aryl methyl sites for hydroxylation is 1. The van der Waals surface area contributed by atoms with Crippen molar-refractivity contribution >= 4 is 11.9 Å². The first-order chi connectivity index (χ1) is 5.29. The summed E-state index contributed by atoms with van der Waals surface area (Å²) in [4.78, 5) is 11.2. The topological polar surface area (TPSA) is 17.1 Å². The largest absolute Gasteiger partial charge is 0.289 e. The monoisotopic (exact) mass is 144 g/mol. The molecule has 1 nitrogen and oxygen atoms in total. The molecular weight excluding hydrogens is 136 g/mol. The van der Waals surface area contributed by atoms with Gasteiger partial charge in [-0.15, -0.1) is 0 Å². The van der Waals surface area contributed by atoms with E-state index in [9.17, 15) is 4.79 Å². The van der Waals surface area contributed by atoms with Crippen molar-refractivity contribution in [3.05, 3.63) is 41.0 Å². The molecule has 11 heavy (non-hydrogen) atoms. The summed E-state index contributed by atoms with van der Waals surface area (Å²) in [6.07, 6.45) is 3.49. The molecule has 0 spiro atoms. The Bertz CT molecular complexity index is 348. The molecule has 0 N–H and O–H groups in total. The van der Waals surface area contributed by atoms with E-state index in [1.165, 1.54) is 0 Å². The SMILES string of the molecule is Cc1cccc2c1C(=O)C=C2. The smallest absolute Gasteiger partial charge is 0.186 e. The van der Waals surface area contributed by atoms with Crippen LogP contribution < -0.4 is 0 Å². The van der Waals surface area contributed by atoms with Gasteiger partial charge in [0, 0.05) is 5.56 Å². The maximum Gasteiger partial charge on any atom is 0.186 e. The van der Waals surface area contributed by atoms with Crippen LogP contribution in [0.4, 0.5) is 0 Å². The maximum absolute atomic E-state index is 11.2. The Morgan fingerprint density at radius 3 is 2.73 bits per heavy atom. The predicted octanol–water partition coefficient (Wildman–Crippen LogP) is 2.20. The number of benzene rings is 1. The molecule has 1 aromatic rings. The van der Waals surface area contributed by atoms with Crippen LogP contribution in [0.15, 0.2) is 24.3 Å². The van der Waals surface area contributed by atoms with Crippen LogP contribution in [0.25, 0.3) is 6.08 Å². The highest BCUT2D eigenvalue weighted by Crippen LogP contribution is 2.21. The normalized spacial score (nSPS) is 13.7. The zero-order valence-corrected chi connectivity index (χ0v) is 6.29. The molecular formula is C10H8O. The van der Waals surface area contributed by atoms with Gasteiger partial charge in [-0.1, -0.05) is 24.3 Å². The minimum absolute atomic E-state index is 0.137. The van der Waals surface area contributed by atoms with Crippen LogP contribution in [0.2, 0.25) is 0 Å². The van der Waals surface area contributed by atoms with Crippen LogP contribution in [-0.4, -0.2) is 5.78 Å². The Morgan fingerprint density at radius 1 is 1.18 bits per heavy atom. The fourth-order valence-corrected chi connectivity index (χ4v) is 1.41. The second kappa shape index (κ2) is 2.06. The Kier molecular flexibility index (Phi) is 1.19. The van der Waals surface area contributed by atoms with Crippen molar-refractivity contribution in [3.8, 4) is 0 Å². The average Bonchev–Trinajstić information content (AvgIpc) is 2.34. The highest BCUT2D eigenvalue weighted by molar-refractivity contribution is 6.14. The Morgan fingerprint density at radius 2 is 2.00 bits per heavy atom. The van der Waals surface area contributed by atoms with Crippen molar-refractivity contribution in [1.82, 2.24) is 0 Å². The van der Waals surface area contributed by atoms with E-state index in [2.05, 4.69) is 0 Å². The van der Waals surface area contributed by atoms with E-state index in [1.807, 2.05) is 31.2 Å². The maximum atomic E-state index is 11.2. The molecule has 0 amide bonds. The lowest BCUT2D eigenvalue weighted by molar-refractivity contribution is 0.104. The molecule has 2 rings (SSSR count). The van der Waals surface area contributed by atoms with Crippen LogP contribution in [0.5, 0.6) is 0 Å². The van der Waals surface area contributed by atoms with Gasteiger partial charge in [-0.3, -0.25) is 4.79 Å². The zero-order valence-electron chi connectivity index (χ0n) is 6.29. The molecule has 0 radical (unpaired) electrons. The van der Waals surface area contributed by atoms with Crippen molar-refractivity contribution in [2.75, 3.05) is 0 Å². The van der Waals surface area contributed by atoms with Gasteiger partial charge in [0.1, 0.15) is 0 Å². The molecule has 0 bridgehead atoms. The number of carbonyl (C=O) groups excluding carboxylic acids is 1. The van der Waals surface area contributed by atoms with Crippen LogP contribution in [0.3, 0.4) is 0 Å². The second-order valence-corrected chi connectivity index (χ2v) is 2.74. The predicted molar refractivity (Wildman–Crippen MR) is 44.5 cm³/mol. The van der Waals surface area contributed by atoms with Gasteiger partial charge in [-0.25, -0.2) is 0 Å². The molecule has 0 atom stereocenters. The van der Waals surface area contributed by atoms with E-state index in [1.54, 1.807) is 6.08 Å². The lowest BCUT2D eigenvalue weighted by Crippen LogP contribution is -1.94. The number of hydrogen-bond acceptors (Lipinski definition) is 1. The molecule has 0 fully saturated rings. The molecule has 0 saturated heterocycles. The molecule has 0 unspecified atom stereocenters. The summed E-state index contributed by atoms with van der Waals surface area (Å²) < 4.78 is 0. The summed E-state index contributed by atoms with van der Waals surface area (Å²) in [5, 5.41) is 0. The molecule has 1 aromatic carbocycles. The van der Waals surface area contributed by atoms with Gasteiger partial charge in [-0.05, 0) is 24.1 Å². The Labute approximate surface area is 65.4 Å². The zero-order chi connectivity index (χ0) is 7.84. The van der Waals surface area contributed by atoms with E-state index in [-0.39, 0.29) is 5.78 Å². The first kappa shape index (κ1) is 6.35. The van der Waals surface area contributed by atoms with Crippen LogP contribution >= 0.6 is 0 Å². The van der Waals surface area contributed by atoms with E-state index < -0.39 is 0 Å². The molecule has 1 heteroatoms. The number of carbonyl (C=O) groups is 1. The third-order valence-electron chi connectivity index (χ3n) is 1.97. The van der Waals surface area contributed by atoms with Gasteiger partial charge < -0.3 is 0 Å². The summed E-state index contributed by atoms with van der Waals surface area (Å²) >= 11 is 0. The summed E-state index contributed by atoms with van der Waals surface area (Å²) in [5.74, 6) is 0.137. The third-order valence-corrected chi connectivity index (χ3v) is 1.97. The number of ketones is 1. The average molecular weight is 144 g/mol. The summed E-state index contributed by atoms with van der Waals surface area (Å²) in [6.45, 7) is 1.96. The molecule has 0 saturated carbocycles. The molecule has 1 aliphatic carbocycles. The molecule has 1 aliphatic rings. The van der Waals surface area contributed by atoms with Gasteiger partial charge >= 0.3 is 0 Å². The summed E-state index contributed by atoms with van der Waals surface area (Å²) in [6, 6.07) is 5.89. The van der Waals surface area contributed by atoms with Gasteiger partial charge in [0.2, 0.25) is 0 Å². The molecule has 0 heterocycles. The third kappa shape index (κ3) is 0.811. The van der Waals surface area contributed by atoms with Crippen molar-refractivity contribution in [2.24, 2.45) is 0 Å². The quantitative estimate of drug-likeness (QED) is 0.545. The number of hydrogen-bond donors (Lipinski definition) is 0. The number of allylic oxidation sites excluding steroid dienone is 1. The second-order valence-electron chi connectivity index (χ2n) is 2.74. The van der Waals surface area contributed by atoms with E-state index in [0.29, 0.717) is 0 Å². The lowest BCUT2D eigenvalue weighted by atomic mass is 10.0. The minimum Gasteiger partial charge on any atom is -0.289 e. The van der Waals surface area contributed by atoms with Gasteiger partial charge in [0.25, 0.3) is 0 Å². The molecule has 0 aliphatic heterocycles. The highest BCUT2D eigenvalue weighted by Gasteiger charge is 2.14. The van der Waals surface area contributed by atoms with E-state index in [4.69, 9.17) is 0 Å². The fourth-order valence-electron chi connectivity index (χ4n) is 1.41. The Hall–Kier alpha value is -1.37. The van der Waals surface area contributed by atoms with Crippen LogP contribution in [-0.2, 0) is 0 Å².